The minimum Gasteiger partial charge on any atom is -0.323 e. The lowest BCUT2D eigenvalue weighted by Crippen LogP contribution is -2.13. The van der Waals surface area contributed by atoms with Crippen LogP contribution < -0.4 is 5.73 Å². The van der Waals surface area contributed by atoms with Gasteiger partial charge >= 0.3 is 0 Å². The quantitative estimate of drug-likeness (QED) is 0.796. The number of nitrogens with one attached hydrogen (secondary N) is 1. The summed E-state index contributed by atoms with van der Waals surface area (Å²) >= 11 is 1.58. The molecule has 1 aromatic heterocycles. The van der Waals surface area contributed by atoms with Gasteiger partial charge in [0.05, 0.1) is 0 Å². The lowest BCUT2D eigenvalue weighted by atomic mass is 10.0. The van der Waals surface area contributed by atoms with E-state index in [0.29, 0.717) is 0 Å². The van der Waals surface area contributed by atoms with Gasteiger partial charge in [-0.25, -0.2) is 4.98 Å². The van der Waals surface area contributed by atoms with Crippen LogP contribution in [0, 0.1) is 6.92 Å². The van der Waals surface area contributed by atoms with Crippen molar-refractivity contribution in [3.8, 4) is 0 Å². The van der Waals surface area contributed by atoms with Crippen molar-refractivity contribution in [2.45, 2.75) is 37.9 Å². The van der Waals surface area contributed by atoms with Crippen molar-refractivity contribution in [2.75, 3.05) is 5.75 Å². The Bertz CT molecular complexity index is 506. The second kappa shape index (κ2) is 6.73. The van der Waals surface area contributed by atoms with Gasteiger partial charge in [-0.05, 0) is 24.5 Å². The summed E-state index contributed by atoms with van der Waals surface area (Å²) in [6, 6.07) is 8.60. The number of thioether (sulfide) groups is 1. The maximum atomic E-state index is 6.19. The molecule has 102 valence electrons. The van der Waals surface area contributed by atoms with E-state index in [-0.39, 0.29) is 6.04 Å². The zero-order valence-corrected chi connectivity index (χ0v) is 12.2. The van der Waals surface area contributed by atoms with Crippen LogP contribution in [-0.2, 0) is 6.42 Å². The van der Waals surface area contributed by atoms with E-state index in [0.717, 1.165) is 23.2 Å². The number of nitrogens with two attached hydrogens (primary N) is 1. The molecule has 1 heterocycles. The van der Waals surface area contributed by atoms with Crippen molar-refractivity contribution < 1.29 is 0 Å². The summed E-state index contributed by atoms with van der Waals surface area (Å²) in [5, 5.41) is 7.68. The van der Waals surface area contributed by atoms with Gasteiger partial charge in [0.25, 0.3) is 0 Å². The normalized spacial score (nSPS) is 12.6. The minimum absolute atomic E-state index is 0.0134. The van der Waals surface area contributed by atoms with Gasteiger partial charge in [0.15, 0.2) is 0 Å². The first-order valence-corrected chi connectivity index (χ1v) is 7.54. The summed E-state index contributed by atoms with van der Waals surface area (Å²) in [6.45, 7) is 4.08. The standard InChI is InChI=1S/C14H20N4S/c1-3-4-11-5-7-12(8-6-11)13(15)9-19-14-16-10(2)17-18-14/h5-8,13H,3-4,9,15H2,1-2H3,(H,16,17,18). The van der Waals surface area contributed by atoms with Crippen LogP contribution in [0.15, 0.2) is 29.4 Å². The van der Waals surface area contributed by atoms with E-state index < -0.39 is 0 Å². The number of rotatable bonds is 6. The molecule has 5 heteroatoms. The Kier molecular flexibility index (Phi) is 4.99. The molecule has 2 aromatic rings. The average Bonchev–Trinajstić information content (AvgIpc) is 2.83. The Morgan fingerprint density at radius 1 is 1.32 bits per heavy atom. The number of nitrogens with zero attached hydrogens (tertiary/aromatic N) is 2. The van der Waals surface area contributed by atoms with Gasteiger partial charge in [0.2, 0.25) is 5.16 Å². The molecule has 3 N–H and O–H groups in total. The molecule has 0 fully saturated rings. The highest BCUT2D eigenvalue weighted by atomic mass is 32.2. The number of aromatic amines is 1. The predicted molar refractivity (Wildman–Crippen MR) is 79.2 cm³/mol. The highest BCUT2D eigenvalue weighted by Crippen LogP contribution is 2.21. The fourth-order valence-corrected chi connectivity index (χ4v) is 2.70. The summed E-state index contributed by atoms with van der Waals surface area (Å²) in [5.41, 5.74) is 8.72. The third-order valence-electron chi connectivity index (χ3n) is 2.92. The maximum absolute atomic E-state index is 6.19. The fourth-order valence-electron chi connectivity index (χ4n) is 1.87. The van der Waals surface area contributed by atoms with Crippen LogP contribution in [-0.4, -0.2) is 20.9 Å². The zero-order chi connectivity index (χ0) is 13.7. The van der Waals surface area contributed by atoms with Crippen molar-refractivity contribution in [3.05, 3.63) is 41.2 Å². The van der Waals surface area contributed by atoms with Crippen molar-refractivity contribution in [2.24, 2.45) is 5.73 Å². The monoisotopic (exact) mass is 276 g/mol. The molecule has 0 aliphatic rings. The van der Waals surface area contributed by atoms with Crippen molar-refractivity contribution in [1.29, 1.82) is 0 Å². The smallest absolute Gasteiger partial charge is 0.208 e. The average molecular weight is 276 g/mol. The van der Waals surface area contributed by atoms with Crippen LogP contribution in [0.3, 0.4) is 0 Å². The Balaban J connectivity index is 1.90. The molecule has 4 nitrogen and oxygen atoms in total. The molecule has 2 rings (SSSR count). The summed E-state index contributed by atoms with van der Waals surface area (Å²) in [6.07, 6.45) is 2.30. The molecule has 0 aliphatic carbocycles. The van der Waals surface area contributed by atoms with Crippen LogP contribution in [0.2, 0.25) is 0 Å². The SMILES string of the molecule is CCCc1ccc(C(N)CSc2n[nH]c(C)n2)cc1. The largest absolute Gasteiger partial charge is 0.323 e. The molecular formula is C14H20N4S. The summed E-state index contributed by atoms with van der Waals surface area (Å²) in [7, 11) is 0. The molecular weight excluding hydrogens is 256 g/mol. The van der Waals surface area contributed by atoms with Gasteiger partial charge in [0, 0.05) is 11.8 Å². The Labute approximate surface area is 118 Å². The first kappa shape index (κ1) is 14.1. The van der Waals surface area contributed by atoms with Crippen LogP contribution in [0.25, 0.3) is 0 Å². The number of hydrogen-bond acceptors (Lipinski definition) is 4. The van der Waals surface area contributed by atoms with Gasteiger partial charge in [-0.1, -0.05) is 49.4 Å². The second-order valence-corrected chi connectivity index (χ2v) is 5.60. The molecule has 1 aromatic carbocycles. The lowest BCUT2D eigenvalue weighted by Gasteiger charge is -2.11. The number of aromatic nitrogens is 3. The van der Waals surface area contributed by atoms with Gasteiger partial charge < -0.3 is 5.73 Å². The summed E-state index contributed by atoms with van der Waals surface area (Å²) in [4.78, 5) is 4.26. The number of aryl methyl sites for hydroxylation is 2. The van der Waals surface area contributed by atoms with Gasteiger partial charge in [0.1, 0.15) is 5.82 Å². The Morgan fingerprint density at radius 2 is 2.05 bits per heavy atom. The molecule has 0 radical (unpaired) electrons. The second-order valence-electron chi connectivity index (χ2n) is 4.61. The highest BCUT2D eigenvalue weighted by molar-refractivity contribution is 7.99. The maximum Gasteiger partial charge on any atom is 0.208 e. The van der Waals surface area contributed by atoms with Gasteiger partial charge in [-0.3, -0.25) is 5.10 Å². The van der Waals surface area contributed by atoms with E-state index in [1.54, 1.807) is 11.8 Å². The summed E-state index contributed by atoms with van der Waals surface area (Å²) < 4.78 is 0. The molecule has 0 saturated heterocycles. The third kappa shape index (κ3) is 4.08. The number of hydrogen-bond donors (Lipinski definition) is 2. The first-order valence-electron chi connectivity index (χ1n) is 6.55. The van der Waals surface area contributed by atoms with E-state index in [1.807, 2.05) is 6.92 Å². The number of benzene rings is 1. The molecule has 0 saturated carbocycles. The van der Waals surface area contributed by atoms with Crippen LogP contribution in [0.5, 0.6) is 0 Å². The van der Waals surface area contributed by atoms with E-state index in [2.05, 4.69) is 46.4 Å². The van der Waals surface area contributed by atoms with Crippen LogP contribution in [0.4, 0.5) is 0 Å². The van der Waals surface area contributed by atoms with E-state index in [9.17, 15) is 0 Å². The zero-order valence-electron chi connectivity index (χ0n) is 11.4. The predicted octanol–water partition coefficient (Wildman–Crippen LogP) is 2.86. The molecule has 0 spiro atoms. The Morgan fingerprint density at radius 3 is 2.63 bits per heavy atom. The van der Waals surface area contributed by atoms with Crippen molar-refractivity contribution in [3.63, 3.8) is 0 Å². The number of H-pyrrole nitrogens is 1. The molecule has 0 amide bonds. The van der Waals surface area contributed by atoms with Gasteiger partial charge in [-0.2, -0.15) is 0 Å². The fraction of sp³-hybridized carbons (Fsp3) is 0.429. The molecule has 1 unspecified atom stereocenters. The van der Waals surface area contributed by atoms with Crippen LogP contribution in [0.1, 0.15) is 36.3 Å². The first-order chi connectivity index (χ1) is 9.19. The molecule has 0 bridgehead atoms. The van der Waals surface area contributed by atoms with Crippen LogP contribution >= 0.6 is 11.8 Å². The molecule has 1 atom stereocenters. The van der Waals surface area contributed by atoms with E-state index in [1.165, 1.54) is 17.5 Å². The third-order valence-corrected chi connectivity index (χ3v) is 3.88. The highest BCUT2D eigenvalue weighted by Gasteiger charge is 2.09. The van der Waals surface area contributed by atoms with Gasteiger partial charge in [-0.15, -0.1) is 5.10 Å². The molecule has 19 heavy (non-hydrogen) atoms. The van der Waals surface area contributed by atoms with E-state index >= 15 is 0 Å². The lowest BCUT2D eigenvalue weighted by molar-refractivity contribution is 0.824. The van der Waals surface area contributed by atoms with Crippen molar-refractivity contribution >= 4 is 11.8 Å². The topological polar surface area (TPSA) is 67.6 Å². The Hall–Kier alpha value is -1.33. The summed E-state index contributed by atoms with van der Waals surface area (Å²) in [5.74, 6) is 1.62. The molecule has 0 aliphatic heterocycles. The van der Waals surface area contributed by atoms with E-state index in [4.69, 9.17) is 5.73 Å². The van der Waals surface area contributed by atoms with Crippen molar-refractivity contribution in [1.82, 2.24) is 15.2 Å². The minimum atomic E-state index is 0.0134.